The molecule has 1 aliphatic carbocycles. The van der Waals surface area contributed by atoms with Crippen molar-refractivity contribution in [2.75, 3.05) is 0 Å². The van der Waals surface area contributed by atoms with E-state index in [0.29, 0.717) is 11.8 Å². The highest BCUT2D eigenvalue weighted by Gasteiger charge is 2.26. The second kappa shape index (κ2) is 5.26. The fraction of sp³-hybridized carbons (Fsp3) is 0.750. The third kappa shape index (κ3) is 3.02. The molecule has 0 aliphatic heterocycles. The summed E-state index contributed by atoms with van der Waals surface area (Å²) in [5.74, 6) is 1.12. The maximum atomic E-state index is 9.74. The zero-order valence-electron chi connectivity index (χ0n) is 8.50. The Morgan fingerprint density at radius 1 is 1.54 bits per heavy atom. The molecule has 3 unspecified atom stereocenters. The van der Waals surface area contributed by atoms with Crippen LogP contribution in [0.5, 0.6) is 0 Å². The molecule has 1 aliphatic rings. The van der Waals surface area contributed by atoms with E-state index >= 15 is 0 Å². The first-order chi connectivity index (χ1) is 6.27. The first-order valence-corrected chi connectivity index (χ1v) is 5.32. The number of allylic oxidation sites excluding steroid dienone is 1. The molecule has 0 heterocycles. The summed E-state index contributed by atoms with van der Waals surface area (Å²) >= 11 is 0. The smallest absolute Gasteiger partial charge is 0.0568 e. The highest BCUT2D eigenvalue weighted by molar-refractivity contribution is 4.91. The minimum absolute atomic E-state index is 0.0607. The molecule has 1 fully saturated rings. The average Bonchev–Trinajstić information content (AvgIpc) is 2.12. The van der Waals surface area contributed by atoms with Crippen LogP contribution in [-0.2, 0) is 0 Å². The third-order valence-corrected chi connectivity index (χ3v) is 3.00. The predicted molar refractivity (Wildman–Crippen MR) is 55.5 cm³/mol. The Kier molecular flexibility index (Phi) is 4.27. The zero-order valence-corrected chi connectivity index (χ0v) is 8.50. The Morgan fingerprint density at radius 2 is 2.31 bits per heavy atom. The van der Waals surface area contributed by atoms with Crippen molar-refractivity contribution < 1.29 is 5.11 Å². The van der Waals surface area contributed by atoms with E-state index in [0.717, 1.165) is 25.7 Å². The van der Waals surface area contributed by atoms with Gasteiger partial charge in [0.05, 0.1) is 6.10 Å². The Bertz CT molecular complexity index is 191. The Morgan fingerprint density at radius 3 is 2.92 bits per heavy atom. The quantitative estimate of drug-likeness (QED) is 0.662. The standard InChI is InChI=1S/C12H20O/c1-3-5-10-7-8-12(13)11(9-10)6-4-2/h5,10-13H,1,4,6-9H2,2H3. The molecule has 1 N–H and O–H groups in total. The molecule has 0 aromatic heterocycles. The van der Waals surface area contributed by atoms with Gasteiger partial charge in [0.25, 0.3) is 0 Å². The van der Waals surface area contributed by atoms with Gasteiger partial charge in [0.2, 0.25) is 0 Å². The summed E-state index contributed by atoms with van der Waals surface area (Å²) < 4.78 is 0. The van der Waals surface area contributed by atoms with Crippen LogP contribution in [0.3, 0.4) is 0 Å². The van der Waals surface area contributed by atoms with Crippen LogP contribution >= 0.6 is 0 Å². The zero-order chi connectivity index (χ0) is 9.68. The molecule has 0 aromatic rings. The van der Waals surface area contributed by atoms with Crippen LogP contribution in [0, 0.1) is 11.8 Å². The molecular weight excluding hydrogens is 160 g/mol. The fourth-order valence-electron chi connectivity index (χ4n) is 2.28. The number of rotatable bonds is 3. The molecular formula is C12H20O. The van der Waals surface area contributed by atoms with E-state index in [4.69, 9.17) is 0 Å². The summed E-state index contributed by atoms with van der Waals surface area (Å²) in [5.41, 5.74) is 2.86. The lowest BCUT2D eigenvalue weighted by molar-refractivity contribution is 0.0521. The maximum absolute atomic E-state index is 9.74. The molecule has 0 radical (unpaired) electrons. The van der Waals surface area contributed by atoms with Gasteiger partial charge in [-0.2, -0.15) is 0 Å². The van der Waals surface area contributed by atoms with E-state index < -0.39 is 0 Å². The molecule has 0 bridgehead atoms. The molecule has 3 atom stereocenters. The molecule has 0 amide bonds. The third-order valence-electron chi connectivity index (χ3n) is 3.00. The lowest BCUT2D eigenvalue weighted by atomic mass is 9.77. The van der Waals surface area contributed by atoms with Crippen molar-refractivity contribution in [3.05, 3.63) is 18.4 Å². The second-order valence-electron chi connectivity index (χ2n) is 4.06. The number of aliphatic hydroxyl groups is 1. The maximum Gasteiger partial charge on any atom is 0.0568 e. The van der Waals surface area contributed by atoms with Gasteiger partial charge >= 0.3 is 0 Å². The fourth-order valence-corrected chi connectivity index (χ4v) is 2.28. The topological polar surface area (TPSA) is 20.2 Å². The van der Waals surface area contributed by atoms with Crippen molar-refractivity contribution in [3.8, 4) is 0 Å². The van der Waals surface area contributed by atoms with E-state index in [-0.39, 0.29) is 6.10 Å². The summed E-state index contributed by atoms with van der Waals surface area (Å²) in [4.78, 5) is 0. The molecule has 74 valence electrons. The van der Waals surface area contributed by atoms with Crippen LogP contribution in [0.4, 0.5) is 0 Å². The summed E-state index contributed by atoms with van der Waals surface area (Å²) in [6.07, 6.45) is 7.51. The summed E-state index contributed by atoms with van der Waals surface area (Å²) in [6, 6.07) is 0. The first-order valence-electron chi connectivity index (χ1n) is 5.32. The number of aliphatic hydroxyl groups excluding tert-OH is 1. The molecule has 0 spiro atoms. The summed E-state index contributed by atoms with van der Waals surface area (Å²) in [6.45, 7) is 5.78. The van der Waals surface area contributed by atoms with E-state index in [1.807, 2.05) is 0 Å². The summed E-state index contributed by atoms with van der Waals surface area (Å²) in [5, 5.41) is 9.74. The van der Waals surface area contributed by atoms with Crippen molar-refractivity contribution in [1.29, 1.82) is 0 Å². The molecule has 1 nitrogen and oxygen atoms in total. The minimum atomic E-state index is -0.0607. The molecule has 0 aromatic carbocycles. The Balaban J connectivity index is 2.47. The van der Waals surface area contributed by atoms with Gasteiger partial charge in [0.1, 0.15) is 0 Å². The minimum Gasteiger partial charge on any atom is -0.393 e. The number of hydrogen-bond donors (Lipinski definition) is 1. The van der Waals surface area contributed by atoms with Crippen LogP contribution in [0.1, 0.15) is 39.0 Å². The van der Waals surface area contributed by atoms with Crippen molar-refractivity contribution in [3.63, 3.8) is 0 Å². The van der Waals surface area contributed by atoms with E-state index in [1.54, 1.807) is 0 Å². The summed E-state index contributed by atoms with van der Waals surface area (Å²) in [7, 11) is 0. The number of hydrogen-bond acceptors (Lipinski definition) is 1. The molecule has 0 saturated heterocycles. The largest absolute Gasteiger partial charge is 0.393 e. The van der Waals surface area contributed by atoms with Gasteiger partial charge in [-0.25, -0.2) is 0 Å². The monoisotopic (exact) mass is 180 g/mol. The van der Waals surface area contributed by atoms with Crippen LogP contribution in [-0.4, -0.2) is 11.2 Å². The van der Waals surface area contributed by atoms with Gasteiger partial charge < -0.3 is 5.11 Å². The lowest BCUT2D eigenvalue weighted by Crippen LogP contribution is -2.28. The highest BCUT2D eigenvalue weighted by atomic mass is 16.3. The van der Waals surface area contributed by atoms with E-state index in [2.05, 4.69) is 25.3 Å². The van der Waals surface area contributed by atoms with Crippen LogP contribution in [0.2, 0.25) is 0 Å². The highest BCUT2D eigenvalue weighted by Crippen LogP contribution is 2.32. The van der Waals surface area contributed by atoms with Crippen molar-refractivity contribution >= 4 is 0 Å². The molecule has 13 heavy (non-hydrogen) atoms. The molecule has 1 saturated carbocycles. The van der Waals surface area contributed by atoms with Gasteiger partial charge in [-0.15, -0.1) is 5.73 Å². The van der Waals surface area contributed by atoms with Crippen molar-refractivity contribution in [1.82, 2.24) is 0 Å². The predicted octanol–water partition coefficient (Wildman–Crippen LogP) is 2.90. The van der Waals surface area contributed by atoms with Crippen LogP contribution in [0.25, 0.3) is 0 Å². The normalized spacial score (nSPS) is 33.8. The van der Waals surface area contributed by atoms with Gasteiger partial charge in [-0.3, -0.25) is 0 Å². The van der Waals surface area contributed by atoms with Gasteiger partial charge in [-0.1, -0.05) is 19.9 Å². The first kappa shape index (κ1) is 10.6. The van der Waals surface area contributed by atoms with Crippen LogP contribution < -0.4 is 0 Å². The Labute approximate surface area is 81.2 Å². The lowest BCUT2D eigenvalue weighted by Gasteiger charge is -2.31. The van der Waals surface area contributed by atoms with E-state index in [9.17, 15) is 5.11 Å². The molecule has 1 rings (SSSR count). The Hall–Kier alpha value is -0.520. The second-order valence-corrected chi connectivity index (χ2v) is 4.06. The average molecular weight is 180 g/mol. The molecule has 1 heteroatoms. The van der Waals surface area contributed by atoms with Crippen LogP contribution in [0.15, 0.2) is 18.4 Å². The SMILES string of the molecule is C=C=CC1CCC(O)C(CCC)C1. The van der Waals surface area contributed by atoms with Gasteiger partial charge in [0, 0.05) is 0 Å². The van der Waals surface area contributed by atoms with Gasteiger partial charge in [-0.05, 0) is 43.6 Å². The van der Waals surface area contributed by atoms with E-state index in [1.165, 1.54) is 6.42 Å². The van der Waals surface area contributed by atoms with Crippen molar-refractivity contribution in [2.45, 2.75) is 45.1 Å². The van der Waals surface area contributed by atoms with Crippen molar-refractivity contribution in [2.24, 2.45) is 11.8 Å². The van der Waals surface area contributed by atoms with Gasteiger partial charge in [0.15, 0.2) is 0 Å².